The third-order valence-corrected chi connectivity index (χ3v) is 3.47. The second-order valence-corrected chi connectivity index (χ2v) is 4.36. The summed E-state index contributed by atoms with van der Waals surface area (Å²) in [5, 5.41) is 1.76. The Morgan fingerprint density at radius 3 is 2.93 bits per heavy atom. The first-order chi connectivity index (χ1) is 6.72. The summed E-state index contributed by atoms with van der Waals surface area (Å²) in [7, 11) is 0. The second kappa shape index (κ2) is 3.87. The molecule has 0 fully saturated rings. The van der Waals surface area contributed by atoms with E-state index in [0.29, 0.717) is 0 Å². The first-order valence-corrected chi connectivity index (χ1v) is 5.62. The van der Waals surface area contributed by atoms with E-state index in [1.807, 2.05) is 6.07 Å². The molecule has 0 spiro atoms. The van der Waals surface area contributed by atoms with E-state index in [1.54, 1.807) is 6.20 Å². The third-order valence-electron chi connectivity index (χ3n) is 2.23. The minimum Gasteiger partial charge on any atom is -0.255 e. The number of nitrogens with zero attached hydrogens (tertiary/aromatic N) is 1. The molecule has 0 saturated heterocycles. The Morgan fingerprint density at radius 2 is 2.21 bits per heavy atom. The predicted molar refractivity (Wildman–Crippen MR) is 63.8 cm³/mol. The van der Waals surface area contributed by atoms with Crippen LogP contribution in [-0.4, -0.2) is 4.98 Å². The average molecular weight is 271 g/mol. The van der Waals surface area contributed by atoms with Crippen LogP contribution in [0.2, 0.25) is 5.02 Å². The van der Waals surface area contributed by atoms with E-state index >= 15 is 0 Å². The molecule has 0 saturated carbocycles. The van der Waals surface area contributed by atoms with Gasteiger partial charge in [-0.2, -0.15) is 0 Å². The Bertz CT molecular complexity index is 482. The highest BCUT2D eigenvalue weighted by atomic mass is 79.9. The van der Waals surface area contributed by atoms with Crippen molar-refractivity contribution in [2.24, 2.45) is 0 Å². The zero-order valence-electron chi connectivity index (χ0n) is 7.72. The molecule has 0 N–H and O–H groups in total. The molecule has 0 bridgehead atoms. The molecule has 1 aromatic heterocycles. The molecule has 14 heavy (non-hydrogen) atoms. The summed E-state index contributed by atoms with van der Waals surface area (Å²) >= 11 is 9.54. The second-order valence-electron chi connectivity index (χ2n) is 3.13. The van der Waals surface area contributed by atoms with Crippen molar-refractivity contribution in [3.8, 4) is 0 Å². The van der Waals surface area contributed by atoms with Crippen LogP contribution in [0.1, 0.15) is 12.5 Å². The van der Waals surface area contributed by atoms with E-state index in [2.05, 4.69) is 40.0 Å². The molecular formula is C11H9BrClN. The highest BCUT2D eigenvalue weighted by Gasteiger charge is 2.04. The molecule has 3 heteroatoms. The van der Waals surface area contributed by atoms with E-state index in [4.69, 9.17) is 11.6 Å². The monoisotopic (exact) mass is 269 g/mol. The maximum Gasteiger partial charge on any atom is 0.0718 e. The Morgan fingerprint density at radius 1 is 1.43 bits per heavy atom. The van der Waals surface area contributed by atoms with Crippen LogP contribution in [0.4, 0.5) is 0 Å². The summed E-state index contributed by atoms with van der Waals surface area (Å²) in [6.45, 7) is 2.13. The van der Waals surface area contributed by atoms with Gasteiger partial charge in [0, 0.05) is 11.6 Å². The first-order valence-electron chi connectivity index (χ1n) is 4.45. The van der Waals surface area contributed by atoms with Gasteiger partial charge in [-0.3, -0.25) is 4.98 Å². The van der Waals surface area contributed by atoms with Crippen molar-refractivity contribution < 1.29 is 0 Å². The number of pyridine rings is 1. The molecule has 2 aromatic rings. The summed E-state index contributed by atoms with van der Waals surface area (Å²) in [6.07, 6.45) is 2.75. The van der Waals surface area contributed by atoms with Crippen LogP contribution in [0.5, 0.6) is 0 Å². The normalized spacial score (nSPS) is 10.8. The zero-order chi connectivity index (χ0) is 10.1. The molecule has 0 amide bonds. The number of halogens is 2. The van der Waals surface area contributed by atoms with E-state index in [-0.39, 0.29) is 0 Å². The minimum absolute atomic E-state index is 0.741. The maximum atomic E-state index is 6.17. The lowest BCUT2D eigenvalue weighted by atomic mass is 10.1. The van der Waals surface area contributed by atoms with Crippen LogP contribution in [0.15, 0.2) is 28.9 Å². The van der Waals surface area contributed by atoms with Gasteiger partial charge in [-0.15, -0.1) is 0 Å². The molecule has 0 atom stereocenters. The standard InChI is InChI=1S/C11H9BrClN/c1-2-7-3-4-10-8(5-7)11(13)9(12)6-14-10/h3-6H,2H2,1H3. The molecule has 0 aliphatic carbocycles. The lowest BCUT2D eigenvalue weighted by Crippen LogP contribution is -1.84. The van der Waals surface area contributed by atoms with Crippen molar-refractivity contribution in [1.82, 2.24) is 4.98 Å². The van der Waals surface area contributed by atoms with Crippen LogP contribution >= 0.6 is 27.5 Å². The fourth-order valence-electron chi connectivity index (χ4n) is 1.40. The highest BCUT2D eigenvalue weighted by molar-refractivity contribution is 9.10. The van der Waals surface area contributed by atoms with Gasteiger partial charge in [0.05, 0.1) is 15.0 Å². The van der Waals surface area contributed by atoms with Gasteiger partial charge in [0.15, 0.2) is 0 Å². The van der Waals surface area contributed by atoms with Crippen LogP contribution in [0.3, 0.4) is 0 Å². The van der Waals surface area contributed by atoms with Crippen LogP contribution in [-0.2, 0) is 6.42 Å². The van der Waals surface area contributed by atoms with E-state index in [1.165, 1.54) is 5.56 Å². The number of aromatic nitrogens is 1. The molecule has 2 rings (SSSR count). The number of benzene rings is 1. The molecule has 1 aromatic carbocycles. The molecule has 0 aliphatic rings. The minimum atomic E-state index is 0.741. The molecule has 0 radical (unpaired) electrons. The first kappa shape index (κ1) is 9.94. The SMILES string of the molecule is CCc1ccc2ncc(Br)c(Cl)c2c1. The summed E-state index contributed by atoms with van der Waals surface area (Å²) in [4.78, 5) is 4.29. The molecule has 0 aliphatic heterocycles. The van der Waals surface area contributed by atoms with Crippen molar-refractivity contribution in [3.05, 3.63) is 39.5 Å². The topological polar surface area (TPSA) is 12.9 Å². The quantitative estimate of drug-likeness (QED) is 0.756. The Hall–Kier alpha value is -0.600. The van der Waals surface area contributed by atoms with Crippen molar-refractivity contribution in [2.75, 3.05) is 0 Å². The van der Waals surface area contributed by atoms with Gasteiger partial charge in [0.25, 0.3) is 0 Å². The molecule has 1 heterocycles. The zero-order valence-corrected chi connectivity index (χ0v) is 10.1. The lowest BCUT2D eigenvalue weighted by Gasteiger charge is -2.03. The number of rotatable bonds is 1. The summed E-state index contributed by atoms with van der Waals surface area (Å²) in [5.74, 6) is 0. The fraction of sp³-hybridized carbons (Fsp3) is 0.182. The Kier molecular flexibility index (Phi) is 2.75. The van der Waals surface area contributed by atoms with Gasteiger partial charge in [0.2, 0.25) is 0 Å². The van der Waals surface area contributed by atoms with Crippen molar-refractivity contribution in [2.45, 2.75) is 13.3 Å². The van der Waals surface area contributed by atoms with Gasteiger partial charge in [-0.1, -0.05) is 24.6 Å². The van der Waals surface area contributed by atoms with E-state index in [9.17, 15) is 0 Å². The molecule has 0 unspecified atom stereocenters. The maximum absolute atomic E-state index is 6.17. The van der Waals surface area contributed by atoms with Crippen LogP contribution in [0, 0.1) is 0 Å². The lowest BCUT2D eigenvalue weighted by molar-refractivity contribution is 1.14. The fourth-order valence-corrected chi connectivity index (χ4v) is 1.92. The van der Waals surface area contributed by atoms with E-state index in [0.717, 1.165) is 26.8 Å². The van der Waals surface area contributed by atoms with Crippen molar-refractivity contribution >= 4 is 38.4 Å². The number of hydrogen-bond donors (Lipinski definition) is 0. The highest BCUT2D eigenvalue weighted by Crippen LogP contribution is 2.29. The van der Waals surface area contributed by atoms with E-state index < -0.39 is 0 Å². The summed E-state index contributed by atoms with van der Waals surface area (Å²) in [6, 6.07) is 6.18. The Balaban J connectivity index is 2.78. The summed E-state index contributed by atoms with van der Waals surface area (Å²) in [5.41, 5.74) is 2.22. The summed E-state index contributed by atoms with van der Waals surface area (Å²) < 4.78 is 0.847. The predicted octanol–water partition coefficient (Wildman–Crippen LogP) is 4.21. The van der Waals surface area contributed by atoms with Crippen molar-refractivity contribution in [1.29, 1.82) is 0 Å². The van der Waals surface area contributed by atoms with Crippen molar-refractivity contribution in [3.63, 3.8) is 0 Å². The smallest absolute Gasteiger partial charge is 0.0718 e. The average Bonchev–Trinajstić information content (AvgIpc) is 2.23. The number of aryl methyl sites for hydroxylation is 1. The van der Waals surface area contributed by atoms with Gasteiger partial charge in [-0.25, -0.2) is 0 Å². The van der Waals surface area contributed by atoms with Crippen LogP contribution < -0.4 is 0 Å². The molecule has 1 nitrogen and oxygen atoms in total. The number of hydrogen-bond acceptors (Lipinski definition) is 1. The largest absolute Gasteiger partial charge is 0.255 e. The van der Waals surface area contributed by atoms with Gasteiger partial charge >= 0.3 is 0 Å². The Labute approximate surface area is 96.2 Å². The third kappa shape index (κ3) is 1.64. The molecule has 72 valence electrons. The van der Waals surface area contributed by atoms with Gasteiger partial charge in [-0.05, 0) is 40.0 Å². The van der Waals surface area contributed by atoms with Crippen LogP contribution in [0.25, 0.3) is 10.9 Å². The number of fused-ring (bicyclic) bond motifs is 1. The van der Waals surface area contributed by atoms with Gasteiger partial charge < -0.3 is 0 Å². The molecular weight excluding hydrogens is 261 g/mol. The van der Waals surface area contributed by atoms with Gasteiger partial charge in [0.1, 0.15) is 0 Å².